The fourth-order valence-electron chi connectivity index (χ4n) is 1.74. The minimum Gasteiger partial charge on any atom is -0.304 e. The van der Waals surface area contributed by atoms with Crippen LogP contribution in [0, 0.1) is 13.8 Å². The number of aryl methyl sites for hydroxylation is 3. The Labute approximate surface area is 110 Å². The molecule has 0 unspecified atom stereocenters. The van der Waals surface area contributed by atoms with Crippen LogP contribution in [0.5, 0.6) is 0 Å². The Morgan fingerprint density at radius 2 is 2.28 bits per heavy atom. The smallest absolute Gasteiger partial charge is 0.268 e. The Morgan fingerprint density at radius 1 is 1.50 bits per heavy atom. The zero-order chi connectivity index (χ0) is 13.1. The van der Waals surface area contributed by atoms with E-state index in [0.29, 0.717) is 10.7 Å². The summed E-state index contributed by atoms with van der Waals surface area (Å²) in [5.41, 5.74) is 1.80. The quantitative estimate of drug-likeness (QED) is 0.892. The summed E-state index contributed by atoms with van der Waals surface area (Å²) in [7, 11) is 0. The first kappa shape index (κ1) is 12.8. The van der Waals surface area contributed by atoms with Gasteiger partial charge in [0, 0.05) is 11.8 Å². The highest BCUT2D eigenvalue weighted by Crippen LogP contribution is 2.18. The maximum absolute atomic E-state index is 12.0. The minimum absolute atomic E-state index is 0.146. The molecule has 0 fully saturated rings. The fourth-order valence-corrected chi connectivity index (χ4v) is 2.55. The molecule has 1 amide bonds. The first-order chi connectivity index (χ1) is 8.60. The average molecular weight is 264 g/mol. The number of carbonyl (C=O) groups excluding carboxylic acids is 1. The summed E-state index contributed by atoms with van der Waals surface area (Å²) >= 11 is 1.40. The molecule has 0 saturated heterocycles. The lowest BCUT2D eigenvalue weighted by Gasteiger charge is -1.98. The van der Waals surface area contributed by atoms with Gasteiger partial charge in [-0.2, -0.15) is 5.10 Å². The first-order valence-electron chi connectivity index (χ1n) is 5.89. The number of anilines is 1. The molecule has 2 heterocycles. The van der Waals surface area contributed by atoms with Gasteiger partial charge in [0.15, 0.2) is 5.82 Å². The molecule has 0 aliphatic carbocycles. The highest BCUT2D eigenvalue weighted by Gasteiger charge is 2.14. The molecule has 6 heteroatoms. The molecule has 0 aliphatic heterocycles. The van der Waals surface area contributed by atoms with Gasteiger partial charge in [-0.25, -0.2) is 4.98 Å². The summed E-state index contributed by atoms with van der Waals surface area (Å²) in [6.45, 7) is 5.83. The van der Waals surface area contributed by atoms with Crippen LogP contribution < -0.4 is 5.32 Å². The monoisotopic (exact) mass is 264 g/mol. The first-order valence-corrected chi connectivity index (χ1v) is 6.71. The van der Waals surface area contributed by atoms with Crippen LogP contribution in [0.15, 0.2) is 6.07 Å². The van der Waals surface area contributed by atoms with E-state index in [9.17, 15) is 4.79 Å². The number of aromatic amines is 1. The number of nitrogens with one attached hydrogen (secondary N) is 2. The number of H-pyrrole nitrogens is 1. The Hall–Kier alpha value is -1.69. The van der Waals surface area contributed by atoms with Gasteiger partial charge in [-0.3, -0.25) is 9.89 Å². The molecule has 0 atom stereocenters. The molecule has 0 aromatic carbocycles. The molecule has 2 N–H and O–H groups in total. The van der Waals surface area contributed by atoms with Crippen LogP contribution in [0.1, 0.15) is 39.4 Å². The molecule has 5 nitrogen and oxygen atoms in total. The molecule has 0 spiro atoms. The third-order valence-electron chi connectivity index (χ3n) is 2.50. The van der Waals surface area contributed by atoms with E-state index in [1.54, 1.807) is 0 Å². The van der Waals surface area contributed by atoms with Crippen LogP contribution in [-0.4, -0.2) is 21.1 Å². The van der Waals surface area contributed by atoms with E-state index in [1.165, 1.54) is 11.3 Å². The fraction of sp³-hybridized carbons (Fsp3) is 0.417. The van der Waals surface area contributed by atoms with Gasteiger partial charge in [0.05, 0.1) is 10.7 Å². The maximum Gasteiger partial charge on any atom is 0.268 e. The van der Waals surface area contributed by atoms with Gasteiger partial charge in [-0.1, -0.05) is 13.3 Å². The van der Waals surface area contributed by atoms with Crippen molar-refractivity contribution >= 4 is 23.1 Å². The standard InChI is InChI=1S/C12H16N4OS/c1-4-5-9-6-10(16-15-9)14-12(17)11-7(2)13-8(3)18-11/h6H,4-5H2,1-3H3,(H2,14,15,16,17). The van der Waals surface area contributed by atoms with Crippen LogP contribution in [-0.2, 0) is 6.42 Å². The second-order valence-electron chi connectivity index (χ2n) is 4.13. The van der Waals surface area contributed by atoms with Crippen molar-refractivity contribution in [3.8, 4) is 0 Å². The van der Waals surface area contributed by atoms with E-state index < -0.39 is 0 Å². The predicted molar refractivity (Wildman–Crippen MR) is 72.1 cm³/mol. The van der Waals surface area contributed by atoms with Gasteiger partial charge in [0.1, 0.15) is 4.88 Å². The third-order valence-corrected chi connectivity index (χ3v) is 3.57. The number of thiazole rings is 1. The molecule has 2 aromatic rings. The van der Waals surface area contributed by atoms with Gasteiger partial charge in [-0.05, 0) is 20.3 Å². The van der Waals surface area contributed by atoms with E-state index in [4.69, 9.17) is 0 Å². The molecule has 0 bridgehead atoms. The summed E-state index contributed by atoms with van der Waals surface area (Å²) < 4.78 is 0. The zero-order valence-corrected chi connectivity index (χ0v) is 11.5. The zero-order valence-electron chi connectivity index (χ0n) is 10.7. The topological polar surface area (TPSA) is 70.7 Å². The van der Waals surface area contributed by atoms with Gasteiger partial charge >= 0.3 is 0 Å². The van der Waals surface area contributed by atoms with Crippen molar-refractivity contribution in [3.05, 3.63) is 27.3 Å². The summed E-state index contributed by atoms with van der Waals surface area (Å²) in [5.74, 6) is 0.418. The van der Waals surface area contributed by atoms with E-state index in [-0.39, 0.29) is 5.91 Å². The molecule has 0 aliphatic rings. The second-order valence-corrected chi connectivity index (χ2v) is 5.33. The Kier molecular flexibility index (Phi) is 3.76. The minimum atomic E-state index is -0.146. The number of amides is 1. The van der Waals surface area contributed by atoms with Gasteiger partial charge in [0.25, 0.3) is 5.91 Å². The van der Waals surface area contributed by atoms with Crippen molar-refractivity contribution < 1.29 is 4.79 Å². The number of aromatic nitrogens is 3. The Morgan fingerprint density at radius 3 is 2.89 bits per heavy atom. The van der Waals surface area contributed by atoms with E-state index in [0.717, 1.165) is 29.2 Å². The summed E-state index contributed by atoms with van der Waals surface area (Å²) in [6.07, 6.45) is 1.98. The molecule has 18 heavy (non-hydrogen) atoms. The maximum atomic E-state index is 12.0. The molecular weight excluding hydrogens is 248 g/mol. The van der Waals surface area contributed by atoms with Crippen molar-refractivity contribution in [1.29, 1.82) is 0 Å². The average Bonchev–Trinajstić information content (AvgIpc) is 2.86. The molecule has 0 radical (unpaired) electrons. The molecule has 2 rings (SSSR count). The van der Waals surface area contributed by atoms with Gasteiger partial charge < -0.3 is 5.32 Å². The van der Waals surface area contributed by atoms with Crippen molar-refractivity contribution in [3.63, 3.8) is 0 Å². The number of carbonyl (C=O) groups is 1. The van der Waals surface area contributed by atoms with Crippen LogP contribution in [0.4, 0.5) is 5.82 Å². The Bertz CT molecular complexity index is 558. The Balaban J connectivity index is 2.08. The SMILES string of the molecule is CCCc1cc(NC(=O)c2sc(C)nc2C)n[nH]1. The van der Waals surface area contributed by atoms with Crippen LogP contribution >= 0.6 is 11.3 Å². The van der Waals surface area contributed by atoms with E-state index >= 15 is 0 Å². The van der Waals surface area contributed by atoms with Crippen LogP contribution in [0.2, 0.25) is 0 Å². The normalized spacial score (nSPS) is 10.6. The summed E-state index contributed by atoms with van der Waals surface area (Å²) in [5, 5.41) is 10.6. The van der Waals surface area contributed by atoms with Crippen molar-refractivity contribution in [2.24, 2.45) is 0 Å². The summed E-state index contributed by atoms with van der Waals surface area (Å²) in [4.78, 5) is 16.9. The highest BCUT2D eigenvalue weighted by molar-refractivity contribution is 7.13. The van der Waals surface area contributed by atoms with Gasteiger partial charge in [-0.15, -0.1) is 11.3 Å². The van der Waals surface area contributed by atoms with Crippen molar-refractivity contribution in [2.45, 2.75) is 33.6 Å². The lowest BCUT2D eigenvalue weighted by Crippen LogP contribution is -2.11. The molecule has 0 saturated carbocycles. The van der Waals surface area contributed by atoms with E-state index in [2.05, 4.69) is 27.4 Å². The predicted octanol–water partition coefficient (Wildman–Crippen LogP) is 2.69. The van der Waals surface area contributed by atoms with Crippen LogP contribution in [0.25, 0.3) is 0 Å². The number of hydrogen-bond acceptors (Lipinski definition) is 4. The van der Waals surface area contributed by atoms with Crippen molar-refractivity contribution in [1.82, 2.24) is 15.2 Å². The second kappa shape index (κ2) is 5.30. The van der Waals surface area contributed by atoms with E-state index in [1.807, 2.05) is 19.9 Å². The number of hydrogen-bond donors (Lipinski definition) is 2. The van der Waals surface area contributed by atoms with Gasteiger partial charge in [0.2, 0.25) is 0 Å². The number of nitrogens with zero attached hydrogens (tertiary/aromatic N) is 2. The third kappa shape index (κ3) is 2.76. The van der Waals surface area contributed by atoms with Crippen molar-refractivity contribution in [2.75, 3.05) is 5.32 Å². The largest absolute Gasteiger partial charge is 0.304 e. The summed E-state index contributed by atoms with van der Waals surface area (Å²) in [6, 6.07) is 1.87. The molecule has 96 valence electrons. The molecule has 2 aromatic heterocycles. The number of rotatable bonds is 4. The molecular formula is C12H16N4OS. The highest BCUT2D eigenvalue weighted by atomic mass is 32.1. The lowest BCUT2D eigenvalue weighted by molar-refractivity contribution is 0.102. The lowest BCUT2D eigenvalue weighted by atomic mass is 10.2. The van der Waals surface area contributed by atoms with Crippen LogP contribution in [0.3, 0.4) is 0 Å².